The lowest BCUT2D eigenvalue weighted by molar-refractivity contribution is 0.307. The second-order valence-electron chi connectivity index (χ2n) is 5.74. The number of anilines is 1. The summed E-state index contributed by atoms with van der Waals surface area (Å²) in [4.78, 5) is 14.5. The van der Waals surface area contributed by atoms with Gasteiger partial charge in [0.25, 0.3) is 5.56 Å². The molecule has 0 spiro atoms. The average molecular weight is 456 g/mol. The van der Waals surface area contributed by atoms with Gasteiger partial charge >= 0.3 is 0 Å². The number of hydrogen-bond donors (Lipinski definition) is 2. The van der Waals surface area contributed by atoms with Gasteiger partial charge in [0.05, 0.1) is 0 Å². The molecule has 1 heterocycles. The van der Waals surface area contributed by atoms with E-state index in [0.717, 1.165) is 5.56 Å². The van der Waals surface area contributed by atoms with Crippen LogP contribution in [0.5, 0.6) is 5.75 Å². The number of nitrogens with two attached hydrogens (primary N) is 1. The van der Waals surface area contributed by atoms with Gasteiger partial charge in [-0.15, -0.1) is 0 Å². The minimum absolute atomic E-state index is 0.00292. The molecule has 8 heteroatoms. The summed E-state index contributed by atoms with van der Waals surface area (Å²) >= 11 is 9.55. The van der Waals surface area contributed by atoms with Crippen molar-refractivity contribution in [2.75, 3.05) is 5.73 Å². The molecule has 0 aliphatic rings. The molecule has 3 aromatic rings. The van der Waals surface area contributed by atoms with E-state index < -0.39 is 5.56 Å². The first kappa shape index (κ1) is 19.5. The van der Waals surface area contributed by atoms with E-state index in [1.807, 2.05) is 30.3 Å². The number of ether oxygens (including phenoxy) is 1. The van der Waals surface area contributed by atoms with Gasteiger partial charge in [0, 0.05) is 26.2 Å². The highest BCUT2D eigenvalue weighted by Gasteiger charge is 2.21. The highest BCUT2D eigenvalue weighted by Crippen LogP contribution is 2.37. The highest BCUT2D eigenvalue weighted by molar-refractivity contribution is 9.10. The monoisotopic (exact) mass is 454 g/mol. The molecule has 3 rings (SSSR count). The van der Waals surface area contributed by atoms with Crippen molar-refractivity contribution >= 4 is 33.3 Å². The minimum Gasteiger partial charge on any atom is -0.488 e. The summed E-state index contributed by atoms with van der Waals surface area (Å²) in [7, 11) is 0. The van der Waals surface area contributed by atoms with Crippen LogP contribution in [-0.4, -0.2) is 4.98 Å². The largest absolute Gasteiger partial charge is 0.488 e. The summed E-state index contributed by atoms with van der Waals surface area (Å²) in [5.74, 6) is 0.264. The predicted molar refractivity (Wildman–Crippen MR) is 110 cm³/mol. The van der Waals surface area contributed by atoms with Crippen LogP contribution >= 0.6 is 27.5 Å². The molecule has 28 heavy (non-hydrogen) atoms. The molecule has 0 saturated heterocycles. The van der Waals surface area contributed by atoms with Crippen molar-refractivity contribution in [3.8, 4) is 29.0 Å². The molecule has 0 radical (unpaired) electrons. The van der Waals surface area contributed by atoms with Gasteiger partial charge in [-0.2, -0.15) is 10.5 Å². The maximum absolute atomic E-state index is 12.2. The van der Waals surface area contributed by atoms with Crippen molar-refractivity contribution < 1.29 is 4.74 Å². The van der Waals surface area contributed by atoms with Crippen molar-refractivity contribution in [2.45, 2.75) is 6.61 Å². The van der Waals surface area contributed by atoms with Crippen LogP contribution in [0.4, 0.5) is 5.82 Å². The van der Waals surface area contributed by atoms with E-state index in [0.29, 0.717) is 20.8 Å². The molecule has 138 valence electrons. The Balaban J connectivity index is 2.18. The Bertz CT molecular complexity index is 1210. The van der Waals surface area contributed by atoms with Crippen molar-refractivity contribution in [3.05, 3.63) is 79.0 Å². The Morgan fingerprint density at radius 2 is 1.86 bits per heavy atom. The number of nitrogens with zero attached hydrogens (tertiary/aromatic N) is 2. The zero-order valence-electron chi connectivity index (χ0n) is 14.3. The molecule has 0 unspecified atom stereocenters. The van der Waals surface area contributed by atoms with Crippen molar-refractivity contribution in [3.63, 3.8) is 0 Å². The third-order valence-electron chi connectivity index (χ3n) is 4.02. The van der Waals surface area contributed by atoms with Crippen LogP contribution in [0.25, 0.3) is 11.1 Å². The lowest BCUT2D eigenvalue weighted by Crippen LogP contribution is -2.16. The molecule has 0 amide bonds. The van der Waals surface area contributed by atoms with E-state index >= 15 is 0 Å². The van der Waals surface area contributed by atoms with Crippen molar-refractivity contribution in [1.82, 2.24) is 4.98 Å². The topological polar surface area (TPSA) is 116 Å². The number of aromatic nitrogens is 1. The van der Waals surface area contributed by atoms with Gasteiger partial charge < -0.3 is 15.5 Å². The third kappa shape index (κ3) is 3.72. The number of hydrogen-bond acceptors (Lipinski definition) is 5. The van der Waals surface area contributed by atoms with Crippen molar-refractivity contribution in [1.29, 1.82) is 10.5 Å². The fourth-order valence-corrected chi connectivity index (χ4v) is 3.26. The summed E-state index contributed by atoms with van der Waals surface area (Å²) in [6.07, 6.45) is 0. The fraction of sp³-hybridized carbons (Fsp3) is 0.0500. The Labute approximate surface area is 173 Å². The van der Waals surface area contributed by atoms with Crippen LogP contribution in [0, 0.1) is 22.7 Å². The Morgan fingerprint density at radius 1 is 1.14 bits per heavy atom. The van der Waals surface area contributed by atoms with Gasteiger partial charge in [0.2, 0.25) is 0 Å². The normalized spacial score (nSPS) is 10.1. The number of halogens is 2. The fourth-order valence-electron chi connectivity index (χ4n) is 2.71. The molecule has 1 aromatic heterocycles. The van der Waals surface area contributed by atoms with Crippen LogP contribution in [0.3, 0.4) is 0 Å². The number of H-pyrrole nitrogens is 1. The second-order valence-corrected chi connectivity index (χ2v) is 7.06. The molecule has 0 aliphatic carbocycles. The SMILES string of the molecule is N#Cc1c(N)[nH]c(=O)c(C#N)c1-c1cc(Br)ccc1OCc1ccccc1Cl. The number of nitriles is 2. The molecule has 0 saturated carbocycles. The maximum atomic E-state index is 12.2. The van der Waals surface area contributed by atoms with Gasteiger partial charge in [-0.3, -0.25) is 4.79 Å². The van der Waals surface area contributed by atoms with Gasteiger partial charge in [-0.1, -0.05) is 45.7 Å². The first-order valence-corrected chi connectivity index (χ1v) is 9.15. The van der Waals surface area contributed by atoms with Gasteiger partial charge in [0.15, 0.2) is 0 Å². The van der Waals surface area contributed by atoms with Gasteiger partial charge in [0.1, 0.15) is 41.4 Å². The summed E-state index contributed by atoms with van der Waals surface area (Å²) in [6, 6.07) is 16.1. The van der Waals surface area contributed by atoms with E-state index in [9.17, 15) is 15.3 Å². The number of benzene rings is 2. The number of pyridine rings is 1. The zero-order chi connectivity index (χ0) is 20.3. The second kappa shape index (κ2) is 8.18. The summed E-state index contributed by atoms with van der Waals surface area (Å²) in [5.41, 5.74) is 6.21. The standard InChI is InChI=1S/C20H12BrClN4O2/c21-12-5-6-17(28-10-11-3-1-2-4-16(11)22)13(7-12)18-14(8-23)19(25)26-20(27)15(18)9-24/h1-7H,10H2,(H3,25,26,27). The molecule has 0 atom stereocenters. The van der Waals surface area contributed by atoms with Crippen LogP contribution in [0.15, 0.2) is 51.7 Å². The lowest BCUT2D eigenvalue weighted by Gasteiger charge is -2.15. The molecule has 3 N–H and O–H groups in total. The number of nitrogens with one attached hydrogen (secondary N) is 1. The Kier molecular flexibility index (Phi) is 5.70. The first-order valence-electron chi connectivity index (χ1n) is 7.98. The minimum atomic E-state index is -0.675. The first-order chi connectivity index (χ1) is 13.5. The summed E-state index contributed by atoms with van der Waals surface area (Å²) < 4.78 is 6.59. The number of nitrogen functional groups attached to an aromatic ring is 1. The third-order valence-corrected chi connectivity index (χ3v) is 4.88. The zero-order valence-corrected chi connectivity index (χ0v) is 16.6. The van der Waals surface area contributed by atoms with E-state index in [4.69, 9.17) is 22.1 Å². The molecular weight excluding hydrogens is 444 g/mol. The van der Waals surface area contributed by atoms with Crippen LogP contribution in [0.2, 0.25) is 5.02 Å². The molecule has 2 aromatic carbocycles. The van der Waals surface area contributed by atoms with E-state index in [1.54, 1.807) is 24.3 Å². The Hall–Kier alpha value is -3.26. The molecule has 0 bridgehead atoms. The number of aromatic amines is 1. The van der Waals surface area contributed by atoms with Gasteiger partial charge in [-0.05, 0) is 24.3 Å². The van der Waals surface area contributed by atoms with Crippen LogP contribution in [0.1, 0.15) is 16.7 Å². The van der Waals surface area contributed by atoms with Gasteiger partial charge in [-0.25, -0.2) is 0 Å². The quantitative estimate of drug-likeness (QED) is 0.606. The summed E-state index contributed by atoms with van der Waals surface area (Å²) in [6.45, 7) is 0.163. The van der Waals surface area contributed by atoms with Crippen LogP contribution < -0.4 is 16.0 Å². The highest BCUT2D eigenvalue weighted by atomic mass is 79.9. The number of rotatable bonds is 4. The average Bonchev–Trinajstić information content (AvgIpc) is 2.67. The van der Waals surface area contributed by atoms with Crippen molar-refractivity contribution in [2.24, 2.45) is 0 Å². The van der Waals surface area contributed by atoms with E-state index in [-0.39, 0.29) is 29.1 Å². The van der Waals surface area contributed by atoms with Crippen LogP contribution in [-0.2, 0) is 6.61 Å². The predicted octanol–water partition coefficient (Wildman–Crippen LogP) is 4.36. The molecule has 6 nitrogen and oxygen atoms in total. The lowest BCUT2D eigenvalue weighted by atomic mass is 9.96. The van der Waals surface area contributed by atoms with E-state index in [2.05, 4.69) is 20.9 Å². The molecule has 0 aliphatic heterocycles. The molecular formula is C20H12BrClN4O2. The maximum Gasteiger partial charge on any atom is 0.268 e. The molecule has 0 fully saturated rings. The summed E-state index contributed by atoms with van der Waals surface area (Å²) in [5, 5.41) is 19.6. The smallest absolute Gasteiger partial charge is 0.268 e. The Morgan fingerprint density at radius 3 is 2.54 bits per heavy atom. The van der Waals surface area contributed by atoms with E-state index in [1.165, 1.54) is 0 Å².